The van der Waals surface area contributed by atoms with Gasteiger partial charge in [-0.2, -0.15) is 0 Å². The third-order valence-corrected chi connectivity index (χ3v) is 6.07. The van der Waals surface area contributed by atoms with Crippen molar-refractivity contribution >= 4 is 29.2 Å². The third kappa shape index (κ3) is 2.20. The Morgan fingerprint density at radius 3 is 2.41 bits per heavy atom. The van der Waals surface area contributed by atoms with Crippen molar-refractivity contribution in [2.45, 2.75) is 31.7 Å². The van der Waals surface area contributed by atoms with E-state index < -0.39 is 28.2 Å². The van der Waals surface area contributed by atoms with Gasteiger partial charge in [-0.25, -0.2) is 4.79 Å². The van der Waals surface area contributed by atoms with E-state index in [0.717, 1.165) is 28.3 Å². The molecule has 3 aliphatic rings. The SMILES string of the molecule is CN1C(=O)N(C)C(=O)C2(Cc3cc([N+](=O)[O-])ccc3N3CCCC[C@@H]32)C1=O. The van der Waals surface area contributed by atoms with Gasteiger partial charge in [-0.05, 0) is 30.9 Å². The maximum absolute atomic E-state index is 13.2. The van der Waals surface area contributed by atoms with Crippen LogP contribution in [0.4, 0.5) is 16.2 Å². The third-order valence-electron chi connectivity index (χ3n) is 6.07. The van der Waals surface area contributed by atoms with Crippen molar-refractivity contribution in [1.29, 1.82) is 0 Å². The van der Waals surface area contributed by atoms with Gasteiger partial charge in [0.2, 0.25) is 11.8 Å². The average Bonchev–Trinajstić information content (AvgIpc) is 2.68. The summed E-state index contributed by atoms with van der Waals surface area (Å²) in [7, 11) is 2.76. The van der Waals surface area contributed by atoms with Crippen molar-refractivity contribution < 1.29 is 19.3 Å². The van der Waals surface area contributed by atoms with Crippen LogP contribution in [0.2, 0.25) is 0 Å². The van der Waals surface area contributed by atoms with Crippen molar-refractivity contribution in [2.75, 3.05) is 25.5 Å². The minimum atomic E-state index is -1.43. The van der Waals surface area contributed by atoms with Crippen LogP contribution in [-0.2, 0) is 16.0 Å². The molecule has 142 valence electrons. The molecule has 2 saturated heterocycles. The zero-order chi connectivity index (χ0) is 19.5. The Labute approximate surface area is 155 Å². The van der Waals surface area contributed by atoms with E-state index >= 15 is 0 Å². The molecule has 0 aromatic heterocycles. The van der Waals surface area contributed by atoms with E-state index in [1.54, 1.807) is 6.07 Å². The molecule has 3 aliphatic heterocycles. The van der Waals surface area contributed by atoms with Crippen molar-refractivity contribution in [3.8, 4) is 0 Å². The number of piperidine rings is 1. The Kier molecular flexibility index (Phi) is 3.72. The molecule has 3 heterocycles. The Morgan fingerprint density at radius 1 is 1.11 bits per heavy atom. The van der Waals surface area contributed by atoms with Gasteiger partial charge in [-0.15, -0.1) is 0 Å². The first kappa shape index (κ1) is 17.4. The average molecular weight is 372 g/mol. The topological polar surface area (TPSA) is 104 Å². The molecule has 0 aliphatic carbocycles. The van der Waals surface area contributed by atoms with E-state index in [2.05, 4.69) is 0 Å². The lowest BCUT2D eigenvalue weighted by molar-refractivity contribution is -0.384. The van der Waals surface area contributed by atoms with E-state index in [4.69, 9.17) is 0 Å². The zero-order valence-electron chi connectivity index (χ0n) is 15.2. The highest BCUT2D eigenvalue weighted by Gasteiger charge is 2.63. The van der Waals surface area contributed by atoms with Crippen LogP contribution in [0.1, 0.15) is 24.8 Å². The predicted octanol–water partition coefficient (Wildman–Crippen LogP) is 1.55. The monoisotopic (exact) mass is 372 g/mol. The molecule has 9 heteroatoms. The van der Waals surface area contributed by atoms with Gasteiger partial charge in [0.25, 0.3) is 5.69 Å². The fraction of sp³-hybridized carbons (Fsp3) is 0.500. The molecule has 0 bridgehead atoms. The van der Waals surface area contributed by atoms with E-state index in [1.165, 1.54) is 26.2 Å². The molecular formula is C18H20N4O5. The maximum Gasteiger partial charge on any atom is 0.332 e. The zero-order valence-corrected chi connectivity index (χ0v) is 15.2. The van der Waals surface area contributed by atoms with Gasteiger partial charge in [0.05, 0.1) is 11.0 Å². The van der Waals surface area contributed by atoms with Crippen LogP contribution in [0, 0.1) is 15.5 Å². The maximum atomic E-state index is 13.2. The van der Waals surface area contributed by atoms with Crippen LogP contribution < -0.4 is 4.90 Å². The summed E-state index contributed by atoms with van der Waals surface area (Å²) in [5.41, 5.74) is -0.0770. The number of nitrogens with zero attached hydrogens (tertiary/aromatic N) is 4. The molecule has 0 N–H and O–H groups in total. The van der Waals surface area contributed by atoms with Gasteiger partial charge >= 0.3 is 6.03 Å². The smallest absolute Gasteiger partial charge is 0.332 e. The van der Waals surface area contributed by atoms with Crippen LogP contribution in [0.3, 0.4) is 0 Å². The fourth-order valence-electron chi connectivity index (χ4n) is 4.78. The normalized spacial score (nSPS) is 24.1. The molecule has 1 atom stereocenters. The molecule has 2 fully saturated rings. The Morgan fingerprint density at radius 2 is 1.78 bits per heavy atom. The van der Waals surface area contributed by atoms with Gasteiger partial charge in [0.15, 0.2) is 5.41 Å². The summed E-state index contributed by atoms with van der Waals surface area (Å²) < 4.78 is 0. The predicted molar refractivity (Wildman–Crippen MR) is 95.2 cm³/mol. The van der Waals surface area contributed by atoms with Crippen molar-refractivity contribution in [2.24, 2.45) is 5.41 Å². The molecule has 0 saturated carbocycles. The molecule has 4 amide bonds. The number of nitro groups is 1. The van der Waals surface area contributed by atoms with Gasteiger partial charge in [0, 0.05) is 44.9 Å². The minimum absolute atomic E-state index is 0.0603. The summed E-state index contributed by atoms with van der Waals surface area (Å²) in [5.74, 6) is -1.05. The number of benzene rings is 1. The minimum Gasteiger partial charge on any atom is -0.367 e. The standard InChI is InChI=1S/C18H20N4O5/c1-19-15(23)18(16(24)20(2)17(19)25)10-11-9-12(22(26)27)6-7-13(11)21-8-4-3-5-14(18)21/h6-7,9,14H,3-5,8,10H2,1-2H3/t14-/m1/s1. The Balaban J connectivity index is 1.92. The molecule has 1 aromatic rings. The number of fused-ring (bicyclic) bond motifs is 4. The van der Waals surface area contributed by atoms with E-state index in [0.29, 0.717) is 18.5 Å². The second-order valence-corrected chi connectivity index (χ2v) is 7.43. The first-order valence-corrected chi connectivity index (χ1v) is 8.93. The highest BCUT2D eigenvalue weighted by Crippen LogP contribution is 2.49. The van der Waals surface area contributed by atoms with Gasteiger partial charge in [-0.3, -0.25) is 29.5 Å². The lowest BCUT2D eigenvalue weighted by atomic mass is 9.66. The fourth-order valence-corrected chi connectivity index (χ4v) is 4.78. The van der Waals surface area contributed by atoms with Crippen LogP contribution in [-0.4, -0.2) is 59.3 Å². The first-order valence-electron chi connectivity index (χ1n) is 8.93. The number of carbonyl (C=O) groups is 3. The second kappa shape index (κ2) is 5.77. The molecule has 0 radical (unpaired) electrons. The number of non-ortho nitro benzene ring substituents is 1. The molecule has 1 aromatic carbocycles. The summed E-state index contributed by atoms with van der Waals surface area (Å²) in [5, 5.41) is 11.2. The quantitative estimate of drug-likeness (QED) is 0.421. The van der Waals surface area contributed by atoms with Crippen molar-refractivity contribution in [3.05, 3.63) is 33.9 Å². The summed E-state index contributed by atoms with van der Waals surface area (Å²) >= 11 is 0. The molecule has 0 unspecified atom stereocenters. The second-order valence-electron chi connectivity index (χ2n) is 7.43. The number of hydrogen-bond acceptors (Lipinski definition) is 6. The van der Waals surface area contributed by atoms with Crippen LogP contribution in [0.15, 0.2) is 18.2 Å². The first-order chi connectivity index (χ1) is 12.8. The highest BCUT2D eigenvalue weighted by atomic mass is 16.6. The van der Waals surface area contributed by atoms with Crippen LogP contribution in [0.5, 0.6) is 0 Å². The van der Waals surface area contributed by atoms with Crippen LogP contribution in [0.25, 0.3) is 0 Å². The highest BCUT2D eigenvalue weighted by molar-refractivity contribution is 6.20. The lowest BCUT2D eigenvalue weighted by Gasteiger charge is -2.54. The number of anilines is 1. The molecule has 1 spiro atoms. The summed E-state index contributed by atoms with van der Waals surface area (Å²) in [6, 6.07) is 3.59. The lowest BCUT2D eigenvalue weighted by Crippen LogP contribution is -2.72. The number of hydrogen-bond donors (Lipinski definition) is 0. The van der Waals surface area contributed by atoms with Crippen molar-refractivity contribution in [3.63, 3.8) is 0 Å². The summed E-state index contributed by atoms with van der Waals surface area (Å²) in [6.45, 7) is 0.666. The summed E-state index contributed by atoms with van der Waals surface area (Å²) in [4.78, 5) is 53.5. The number of urea groups is 1. The molecular weight excluding hydrogens is 352 g/mol. The Bertz CT molecular complexity index is 859. The largest absolute Gasteiger partial charge is 0.367 e. The number of rotatable bonds is 1. The number of barbiturate groups is 1. The number of carbonyl (C=O) groups excluding carboxylic acids is 3. The van der Waals surface area contributed by atoms with Gasteiger partial charge in [-0.1, -0.05) is 0 Å². The van der Waals surface area contributed by atoms with Gasteiger partial charge < -0.3 is 4.90 Å². The van der Waals surface area contributed by atoms with E-state index in [9.17, 15) is 24.5 Å². The van der Waals surface area contributed by atoms with Crippen molar-refractivity contribution in [1.82, 2.24) is 9.80 Å². The molecule has 9 nitrogen and oxygen atoms in total. The van der Waals surface area contributed by atoms with E-state index in [1.807, 2.05) is 4.90 Å². The molecule has 4 rings (SSSR count). The summed E-state index contributed by atoms with van der Waals surface area (Å²) in [6.07, 6.45) is 2.51. The van der Waals surface area contributed by atoms with E-state index in [-0.39, 0.29) is 18.2 Å². The number of imide groups is 2. The molecule has 27 heavy (non-hydrogen) atoms. The van der Waals surface area contributed by atoms with Crippen LogP contribution >= 0.6 is 0 Å². The number of nitro benzene ring substituents is 1. The Hall–Kier alpha value is -2.97. The van der Waals surface area contributed by atoms with Gasteiger partial charge in [0.1, 0.15) is 0 Å². The number of amides is 4.